The number of anilines is 1. The van der Waals surface area contributed by atoms with E-state index in [1.54, 1.807) is 6.07 Å². The number of hydrogen-bond acceptors (Lipinski definition) is 3. The molecule has 3 rings (SSSR count). The second-order valence-corrected chi connectivity index (χ2v) is 5.45. The maximum absolute atomic E-state index is 12.7. The van der Waals surface area contributed by atoms with Gasteiger partial charge in [0.25, 0.3) is 0 Å². The molecule has 20 heavy (non-hydrogen) atoms. The first kappa shape index (κ1) is 13.5. The van der Waals surface area contributed by atoms with E-state index >= 15 is 0 Å². The molecule has 1 aromatic heterocycles. The zero-order chi connectivity index (χ0) is 14.1. The lowest BCUT2D eigenvalue weighted by atomic mass is 9.97. The van der Waals surface area contributed by atoms with Crippen LogP contribution in [0.5, 0.6) is 0 Å². The lowest BCUT2D eigenvalue weighted by molar-refractivity contribution is 0.0635. The average Bonchev–Trinajstić information content (AvgIpc) is 2.46. The highest BCUT2D eigenvalue weighted by Crippen LogP contribution is 2.30. The number of nitrogens with zero attached hydrogens (tertiary/aromatic N) is 3. The van der Waals surface area contributed by atoms with Crippen LogP contribution in [0.15, 0.2) is 24.5 Å². The van der Waals surface area contributed by atoms with E-state index in [1.165, 1.54) is 6.33 Å². The Morgan fingerprint density at radius 2 is 1.95 bits per heavy atom. The molecule has 0 amide bonds. The molecule has 1 aliphatic heterocycles. The van der Waals surface area contributed by atoms with Gasteiger partial charge in [-0.2, -0.15) is 0 Å². The summed E-state index contributed by atoms with van der Waals surface area (Å²) in [7, 11) is 0. The van der Waals surface area contributed by atoms with Crippen molar-refractivity contribution in [3.63, 3.8) is 0 Å². The minimum absolute atomic E-state index is 0.490. The Kier molecular flexibility index (Phi) is 3.70. The van der Waals surface area contributed by atoms with Crippen molar-refractivity contribution in [2.24, 2.45) is 5.92 Å². The van der Waals surface area contributed by atoms with Gasteiger partial charge in [0.15, 0.2) is 0 Å². The zero-order valence-electron chi connectivity index (χ0n) is 10.8. The normalized spacial score (nSPS) is 17.1. The van der Waals surface area contributed by atoms with Crippen molar-refractivity contribution in [2.75, 3.05) is 18.0 Å². The summed E-state index contributed by atoms with van der Waals surface area (Å²) in [6.07, 6.45) is 0.256. The van der Waals surface area contributed by atoms with Gasteiger partial charge >= 0.3 is 0 Å². The summed E-state index contributed by atoms with van der Waals surface area (Å²) in [4.78, 5) is 10.6. The summed E-state index contributed by atoms with van der Waals surface area (Å²) < 4.78 is 25.4. The fourth-order valence-electron chi connectivity index (χ4n) is 2.63. The first-order valence-electron chi connectivity index (χ1n) is 6.58. The van der Waals surface area contributed by atoms with E-state index in [0.717, 1.165) is 16.7 Å². The highest BCUT2D eigenvalue weighted by atomic mass is 35.5. The Morgan fingerprint density at radius 1 is 1.20 bits per heavy atom. The van der Waals surface area contributed by atoms with Crippen LogP contribution in [0.2, 0.25) is 5.02 Å². The van der Waals surface area contributed by atoms with Crippen LogP contribution in [0.3, 0.4) is 0 Å². The second kappa shape index (κ2) is 5.48. The van der Waals surface area contributed by atoms with Crippen molar-refractivity contribution in [1.82, 2.24) is 9.97 Å². The molecular formula is C14H14ClF2N3. The summed E-state index contributed by atoms with van der Waals surface area (Å²) in [5, 5.41) is 1.49. The maximum Gasteiger partial charge on any atom is 0.241 e. The first-order valence-corrected chi connectivity index (χ1v) is 6.96. The molecule has 0 aliphatic carbocycles. The fourth-order valence-corrected chi connectivity index (χ4v) is 2.80. The summed E-state index contributed by atoms with van der Waals surface area (Å²) in [5.41, 5.74) is 0.815. The molecule has 3 nitrogen and oxygen atoms in total. The minimum atomic E-state index is -2.23. The van der Waals surface area contributed by atoms with Gasteiger partial charge < -0.3 is 4.90 Å². The summed E-state index contributed by atoms with van der Waals surface area (Å²) in [5.74, 6) is 0.285. The van der Waals surface area contributed by atoms with E-state index in [1.807, 2.05) is 17.0 Å². The quantitative estimate of drug-likeness (QED) is 0.845. The monoisotopic (exact) mass is 297 g/mol. The Balaban J connectivity index is 1.90. The van der Waals surface area contributed by atoms with E-state index < -0.39 is 12.3 Å². The molecule has 2 aromatic rings. The van der Waals surface area contributed by atoms with E-state index in [4.69, 9.17) is 11.6 Å². The van der Waals surface area contributed by atoms with Crippen molar-refractivity contribution in [1.29, 1.82) is 0 Å². The van der Waals surface area contributed by atoms with E-state index in [9.17, 15) is 8.78 Å². The van der Waals surface area contributed by atoms with Crippen LogP contribution in [0.1, 0.15) is 12.8 Å². The van der Waals surface area contributed by atoms with Gasteiger partial charge in [0, 0.05) is 29.4 Å². The summed E-state index contributed by atoms with van der Waals surface area (Å²) in [6, 6.07) is 5.45. The highest BCUT2D eigenvalue weighted by Gasteiger charge is 2.27. The molecule has 6 heteroatoms. The molecule has 1 aromatic carbocycles. The highest BCUT2D eigenvalue weighted by molar-refractivity contribution is 6.31. The molecule has 0 bridgehead atoms. The number of halogens is 3. The maximum atomic E-state index is 12.7. The third-order valence-electron chi connectivity index (χ3n) is 3.77. The predicted octanol–water partition coefficient (Wildman–Crippen LogP) is 3.76. The predicted molar refractivity (Wildman–Crippen MR) is 75.5 cm³/mol. The van der Waals surface area contributed by atoms with Crippen molar-refractivity contribution in [2.45, 2.75) is 19.3 Å². The number of aromatic nitrogens is 2. The first-order chi connectivity index (χ1) is 9.65. The van der Waals surface area contributed by atoms with Crippen LogP contribution in [0.4, 0.5) is 14.6 Å². The van der Waals surface area contributed by atoms with Gasteiger partial charge in [-0.05, 0) is 31.0 Å². The molecule has 0 spiro atoms. The zero-order valence-corrected chi connectivity index (χ0v) is 11.5. The van der Waals surface area contributed by atoms with Gasteiger partial charge in [0.1, 0.15) is 12.1 Å². The molecule has 2 heterocycles. The Bertz CT molecular complexity index is 612. The Hall–Kier alpha value is -1.49. The number of benzene rings is 1. The van der Waals surface area contributed by atoms with Crippen LogP contribution < -0.4 is 4.90 Å². The molecule has 1 saturated heterocycles. The number of piperidine rings is 1. The van der Waals surface area contributed by atoms with Crippen LogP contribution in [-0.2, 0) is 0 Å². The third-order valence-corrected chi connectivity index (χ3v) is 4.01. The van der Waals surface area contributed by atoms with E-state index in [2.05, 4.69) is 9.97 Å². The number of fused-ring (bicyclic) bond motifs is 1. The van der Waals surface area contributed by atoms with Crippen molar-refractivity contribution in [3.8, 4) is 0 Å². The van der Waals surface area contributed by atoms with Crippen LogP contribution in [0.25, 0.3) is 10.9 Å². The lowest BCUT2D eigenvalue weighted by Gasteiger charge is -2.32. The van der Waals surface area contributed by atoms with Gasteiger partial charge in [-0.25, -0.2) is 18.7 Å². The molecule has 1 fully saturated rings. The molecular weight excluding hydrogens is 284 g/mol. The van der Waals surface area contributed by atoms with Crippen LogP contribution >= 0.6 is 11.6 Å². The van der Waals surface area contributed by atoms with Gasteiger partial charge in [-0.15, -0.1) is 0 Å². The minimum Gasteiger partial charge on any atom is -0.356 e. The largest absolute Gasteiger partial charge is 0.356 e. The average molecular weight is 298 g/mol. The van der Waals surface area contributed by atoms with Gasteiger partial charge in [-0.1, -0.05) is 11.6 Å². The lowest BCUT2D eigenvalue weighted by Crippen LogP contribution is -2.36. The molecule has 0 unspecified atom stereocenters. The van der Waals surface area contributed by atoms with Crippen molar-refractivity contribution in [3.05, 3.63) is 29.5 Å². The number of alkyl halides is 2. The van der Waals surface area contributed by atoms with Crippen LogP contribution in [-0.4, -0.2) is 29.5 Å². The molecule has 0 atom stereocenters. The molecule has 1 aliphatic rings. The number of hydrogen-bond donors (Lipinski definition) is 0. The van der Waals surface area contributed by atoms with Gasteiger partial charge in [0.05, 0.1) is 5.52 Å². The summed E-state index contributed by atoms with van der Waals surface area (Å²) in [6.45, 7) is 1.18. The number of rotatable bonds is 2. The van der Waals surface area contributed by atoms with Crippen molar-refractivity contribution < 1.29 is 8.78 Å². The molecule has 0 radical (unpaired) electrons. The molecule has 106 valence electrons. The van der Waals surface area contributed by atoms with Gasteiger partial charge in [-0.3, -0.25) is 0 Å². The molecule has 0 N–H and O–H groups in total. The smallest absolute Gasteiger partial charge is 0.241 e. The summed E-state index contributed by atoms with van der Waals surface area (Å²) >= 11 is 6.02. The third kappa shape index (κ3) is 2.54. The fraction of sp³-hybridized carbons (Fsp3) is 0.429. The van der Waals surface area contributed by atoms with Crippen molar-refractivity contribution >= 4 is 28.3 Å². The van der Waals surface area contributed by atoms with E-state index in [0.29, 0.717) is 31.0 Å². The Morgan fingerprint density at radius 3 is 2.65 bits per heavy atom. The SMILES string of the molecule is FC(F)C1CCN(c2ncnc3ccc(Cl)cc23)CC1. The van der Waals surface area contributed by atoms with E-state index in [-0.39, 0.29) is 0 Å². The second-order valence-electron chi connectivity index (χ2n) is 5.02. The van der Waals surface area contributed by atoms with Crippen LogP contribution in [0, 0.1) is 5.92 Å². The standard InChI is InChI=1S/C14H14ClF2N3/c15-10-1-2-12-11(7-10)14(19-8-18-12)20-5-3-9(4-6-20)13(16)17/h1-2,7-9,13H,3-6H2. The Labute approximate surface area is 120 Å². The van der Waals surface area contributed by atoms with Gasteiger partial charge in [0.2, 0.25) is 6.43 Å². The molecule has 0 saturated carbocycles. The topological polar surface area (TPSA) is 29.0 Å².